The number of aliphatic hydroxyl groups is 2. The predicted octanol–water partition coefficient (Wildman–Crippen LogP) is 2.70. The molecule has 4 aliphatic carbocycles. The molecule has 0 heterocycles. The molecule has 0 aromatic carbocycles. The van der Waals surface area contributed by atoms with Crippen LogP contribution in [0.3, 0.4) is 0 Å². The van der Waals surface area contributed by atoms with Crippen LogP contribution in [-0.4, -0.2) is 58.1 Å². The topological polar surface area (TPSA) is 101 Å². The summed E-state index contributed by atoms with van der Waals surface area (Å²) >= 11 is 1.34. The molecule has 3 fully saturated rings. The van der Waals surface area contributed by atoms with Gasteiger partial charge in [-0.15, -0.1) is 0 Å². The Morgan fingerprint density at radius 1 is 1.23 bits per heavy atom. The van der Waals surface area contributed by atoms with E-state index in [1.807, 2.05) is 6.92 Å². The van der Waals surface area contributed by atoms with Crippen molar-refractivity contribution in [2.75, 3.05) is 18.6 Å². The molecule has 0 spiro atoms. The fraction of sp³-hybridized carbons (Fsp3) is 0.792. The number of carbonyl (C=O) groups is 3. The summed E-state index contributed by atoms with van der Waals surface area (Å²) < 4.78 is 5.90. The Morgan fingerprint density at radius 2 is 1.97 bits per heavy atom. The molecule has 7 heteroatoms. The Bertz CT molecular complexity index is 823. The number of thioether (sulfide) groups is 1. The Kier molecular flexibility index (Phi) is 5.93. The maximum absolute atomic E-state index is 13.1. The van der Waals surface area contributed by atoms with Gasteiger partial charge < -0.3 is 14.9 Å². The second-order valence-electron chi connectivity index (χ2n) is 10.4. The van der Waals surface area contributed by atoms with E-state index in [9.17, 15) is 24.6 Å². The lowest BCUT2D eigenvalue weighted by atomic mass is 9.45. The Morgan fingerprint density at radius 3 is 2.65 bits per heavy atom. The minimum atomic E-state index is -1.38. The first-order valence-corrected chi connectivity index (χ1v) is 12.8. The maximum Gasteiger partial charge on any atom is 0.316 e. The number of hydrogen-bond acceptors (Lipinski definition) is 7. The minimum Gasteiger partial charge on any atom is -0.450 e. The number of ether oxygens (including phenoxy) is 1. The zero-order chi connectivity index (χ0) is 22.6. The molecule has 3 saturated carbocycles. The van der Waals surface area contributed by atoms with E-state index in [4.69, 9.17) is 4.74 Å². The summed E-state index contributed by atoms with van der Waals surface area (Å²) in [4.78, 5) is 37.6. The zero-order valence-electron chi connectivity index (χ0n) is 18.7. The van der Waals surface area contributed by atoms with Crippen molar-refractivity contribution < 1.29 is 29.3 Å². The van der Waals surface area contributed by atoms with Crippen LogP contribution in [0.15, 0.2) is 11.6 Å². The third-order valence-corrected chi connectivity index (χ3v) is 9.69. The van der Waals surface area contributed by atoms with E-state index < -0.39 is 35.5 Å². The average molecular weight is 451 g/mol. The summed E-state index contributed by atoms with van der Waals surface area (Å²) in [5.74, 6) is -0.235. The van der Waals surface area contributed by atoms with Gasteiger partial charge in [0, 0.05) is 11.8 Å². The number of rotatable bonds is 5. The highest BCUT2D eigenvalue weighted by Gasteiger charge is 2.70. The van der Waals surface area contributed by atoms with Gasteiger partial charge in [-0.3, -0.25) is 14.4 Å². The SMILES string of the molecule is CSCC(=O)O[C@@]1(C(=O)CO)CC[C@@H]2[C@@H]3CCC4=CC(=O)CC[C@]4(C)[C@H]3[C@@H](O)C[C@@]21C. The Balaban J connectivity index is 1.73. The fourth-order valence-electron chi connectivity index (χ4n) is 7.83. The Hall–Kier alpha value is -1.18. The minimum absolute atomic E-state index is 0.0283. The first-order chi connectivity index (χ1) is 14.6. The lowest BCUT2D eigenvalue weighted by Crippen LogP contribution is -2.63. The van der Waals surface area contributed by atoms with Gasteiger partial charge in [0.2, 0.25) is 5.78 Å². The lowest BCUT2D eigenvalue weighted by Gasteiger charge is -2.60. The summed E-state index contributed by atoms with van der Waals surface area (Å²) in [6, 6.07) is 0. The number of aliphatic hydroxyl groups excluding tert-OH is 2. The second kappa shape index (κ2) is 7.99. The van der Waals surface area contributed by atoms with Gasteiger partial charge in [0.1, 0.15) is 6.61 Å². The van der Waals surface area contributed by atoms with Gasteiger partial charge in [-0.2, -0.15) is 11.8 Å². The number of ketones is 2. The van der Waals surface area contributed by atoms with Gasteiger partial charge in [0.15, 0.2) is 11.4 Å². The molecule has 4 aliphatic rings. The number of hydrogen-bond donors (Lipinski definition) is 2. The van der Waals surface area contributed by atoms with Crippen molar-refractivity contribution >= 4 is 29.3 Å². The molecular formula is C24H34O6S. The lowest BCUT2D eigenvalue weighted by molar-refractivity contribution is -0.200. The highest BCUT2D eigenvalue weighted by Crippen LogP contribution is 2.68. The van der Waals surface area contributed by atoms with Gasteiger partial charge in [0.05, 0.1) is 11.9 Å². The molecule has 0 aromatic heterocycles. The monoisotopic (exact) mass is 450 g/mol. The normalized spacial score (nSPS) is 44.0. The van der Waals surface area contributed by atoms with Gasteiger partial charge >= 0.3 is 5.97 Å². The molecule has 0 saturated heterocycles. The first kappa shape index (κ1) is 23.0. The molecule has 0 radical (unpaired) electrons. The third kappa shape index (κ3) is 3.25. The fourth-order valence-corrected chi connectivity index (χ4v) is 8.12. The van der Waals surface area contributed by atoms with Crippen molar-refractivity contribution in [3.8, 4) is 0 Å². The molecule has 0 amide bonds. The first-order valence-electron chi connectivity index (χ1n) is 11.4. The van der Waals surface area contributed by atoms with Crippen LogP contribution in [0.1, 0.15) is 58.8 Å². The number of Topliss-reactive ketones (excluding diaryl/α,β-unsaturated/α-hetero) is 1. The van der Waals surface area contributed by atoms with E-state index in [2.05, 4.69) is 6.92 Å². The predicted molar refractivity (Wildman–Crippen MR) is 117 cm³/mol. The van der Waals surface area contributed by atoms with Crippen molar-refractivity contribution in [2.24, 2.45) is 28.6 Å². The van der Waals surface area contributed by atoms with Crippen molar-refractivity contribution in [1.82, 2.24) is 0 Å². The van der Waals surface area contributed by atoms with Gasteiger partial charge in [-0.25, -0.2) is 0 Å². The summed E-state index contributed by atoms with van der Waals surface area (Å²) in [6.45, 7) is 3.49. The second-order valence-corrected chi connectivity index (χ2v) is 11.3. The van der Waals surface area contributed by atoms with Crippen molar-refractivity contribution in [3.63, 3.8) is 0 Å². The van der Waals surface area contributed by atoms with E-state index in [1.165, 1.54) is 11.8 Å². The summed E-state index contributed by atoms with van der Waals surface area (Å²) in [6.07, 6.45) is 7.38. The van der Waals surface area contributed by atoms with Crippen LogP contribution in [0.25, 0.3) is 0 Å². The molecule has 0 aromatic rings. The average Bonchev–Trinajstić information content (AvgIpc) is 3.00. The highest BCUT2D eigenvalue weighted by molar-refractivity contribution is 7.99. The molecule has 7 atom stereocenters. The molecule has 31 heavy (non-hydrogen) atoms. The van der Waals surface area contributed by atoms with Crippen LogP contribution in [0.2, 0.25) is 0 Å². The van der Waals surface area contributed by atoms with Gasteiger partial charge in [-0.05, 0) is 74.0 Å². The van der Waals surface area contributed by atoms with Gasteiger partial charge in [-0.1, -0.05) is 19.4 Å². The molecule has 0 aliphatic heterocycles. The number of allylic oxidation sites excluding steroid dienone is 1. The number of esters is 1. The third-order valence-electron chi connectivity index (χ3n) is 9.16. The highest BCUT2D eigenvalue weighted by atomic mass is 32.2. The van der Waals surface area contributed by atoms with E-state index in [0.29, 0.717) is 19.3 Å². The zero-order valence-corrected chi connectivity index (χ0v) is 19.5. The van der Waals surface area contributed by atoms with Gasteiger partial charge in [0.25, 0.3) is 0 Å². The van der Waals surface area contributed by atoms with Crippen LogP contribution in [-0.2, 0) is 19.1 Å². The van der Waals surface area contributed by atoms with Crippen LogP contribution in [0, 0.1) is 28.6 Å². The van der Waals surface area contributed by atoms with Crippen molar-refractivity contribution in [1.29, 1.82) is 0 Å². The van der Waals surface area contributed by atoms with Crippen LogP contribution in [0.5, 0.6) is 0 Å². The van der Waals surface area contributed by atoms with E-state index in [1.54, 1.807) is 12.3 Å². The number of fused-ring (bicyclic) bond motifs is 5. The maximum atomic E-state index is 13.1. The van der Waals surface area contributed by atoms with Crippen molar-refractivity contribution in [3.05, 3.63) is 11.6 Å². The molecule has 2 N–H and O–H groups in total. The van der Waals surface area contributed by atoms with Crippen molar-refractivity contribution in [2.45, 2.75) is 70.5 Å². The largest absolute Gasteiger partial charge is 0.450 e. The van der Waals surface area contributed by atoms with Crippen LogP contribution < -0.4 is 0 Å². The molecule has 6 nitrogen and oxygen atoms in total. The molecular weight excluding hydrogens is 416 g/mol. The number of carbonyl (C=O) groups excluding carboxylic acids is 3. The van der Waals surface area contributed by atoms with Crippen LogP contribution in [0.4, 0.5) is 0 Å². The van der Waals surface area contributed by atoms with Crippen LogP contribution >= 0.6 is 11.8 Å². The molecule has 0 unspecified atom stereocenters. The standard InChI is InChI=1S/C24H34O6S/c1-22-8-6-15(26)10-14(22)4-5-16-17-7-9-24(19(28)12-25,30-20(29)13-31-3)23(17,2)11-18(27)21(16)22/h10,16-18,21,25,27H,4-9,11-13H2,1-3H3/t16-,17+,18-,21+,22-,23-,24+/m0/s1. The van der Waals surface area contributed by atoms with E-state index in [0.717, 1.165) is 31.3 Å². The molecule has 172 valence electrons. The molecule has 4 rings (SSSR count). The van der Waals surface area contributed by atoms with E-state index >= 15 is 0 Å². The summed E-state index contributed by atoms with van der Waals surface area (Å²) in [7, 11) is 0. The van der Waals surface area contributed by atoms with E-state index in [-0.39, 0.29) is 34.7 Å². The Labute approximate surface area is 188 Å². The summed E-state index contributed by atoms with van der Waals surface area (Å²) in [5.41, 5.74) is -1.15. The molecule has 0 bridgehead atoms. The smallest absolute Gasteiger partial charge is 0.316 e. The summed E-state index contributed by atoms with van der Waals surface area (Å²) in [5, 5.41) is 21.3. The quantitative estimate of drug-likeness (QED) is 0.621.